The maximum Gasteiger partial charge on any atom is 0.207 e. The first-order valence-electron chi connectivity index (χ1n) is 4.77. The fraction of sp³-hybridized carbons (Fsp3) is 0.250. The lowest BCUT2D eigenvalue weighted by molar-refractivity contribution is -0.120. The van der Waals surface area contributed by atoms with Crippen molar-refractivity contribution in [1.82, 2.24) is 0 Å². The number of carbonyl (C=O) groups excluding carboxylic acids is 1. The third kappa shape index (κ3) is 1.66. The third-order valence-electron chi connectivity index (χ3n) is 2.57. The van der Waals surface area contributed by atoms with Crippen LogP contribution in [-0.4, -0.2) is 24.1 Å². The van der Waals surface area contributed by atoms with E-state index in [-0.39, 0.29) is 11.5 Å². The topological polar surface area (TPSA) is 46.5 Å². The van der Waals surface area contributed by atoms with Crippen LogP contribution in [0.15, 0.2) is 42.2 Å². The number of ketones is 1. The lowest BCUT2D eigenvalue weighted by Crippen LogP contribution is -2.18. The maximum absolute atomic E-state index is 11.8. The van der Waals surface area contributed by atoms with E-state index in [0.717, 1.165) is 5.56 Å². The zero-order valence-corrected chi connectivity index (χ0v) is 8.38. The second-order valence-electron chi connectivity index (χ2n) is 3.48. The van der Waals surface area contributed by atoms with Gasteiger partial charge in [0.05, 0.1) is 19.1 Å². The van der Waals surface area contributed by atoms with Gasteiger partial charge in [0.25, 0.3) is 0 Å². The number of methoxy groups -OCH3 is 1. The molecule has 0 spiro atoms. The molecule has 0 saturated carbocycles. The molecule has 1 aromatic carbocycles. The van der Waals surface area contributed by atoms with Crippen LogP contribution >= 0.6 is 0 Å². The molecule has 3 heteroatoms. The number of aliphatic hydroxyl groups excluding tert-OH is 1. The Kier molecular flexibility index (Phi) is 2.56. The van der Waals surface area contributed by atoms with Crippen molar-refractivity contribution in [2.75, 3.05) is 7.11 Å². The highest BCUT2D eigenvalue weighted by atomic mass is 16.5. The van der Waals surface area contributed by atoms with Gasteiger partial charge in [0.2, 0.25) is 5.78 Å². The summed E-state index contributed by atoms with van der Waals surface area (Å²) in [6.45, 7) is 0. The average Bonchev–Trinajstić information content (AvgIpc) is 2.55. The van der Waals surface area contributed by atoms with E-state index in [2.05, 4.69) is 0 Å². The highest BCUT2D eigenvalue weighted by Crippen LogP contribution is 2.31. The van der Waals surface area contributed by atoms with Gasteiger partial charge in [-0.05, 0) is 11.6 Å². The number of hydrogen-bond acceptors (Lipinski definition) is 3. The summed E-state index contributed by atoms with van der Waals surface area (Å²) in [6.07, 6.45) is 0.676. The van der Waals surface area contributed by atoms with E-state index in [9.17, 15) is 9.90 Å². The molecule has 0 heterocycles. The van der Waals surface area contributed by atoms with Crippen molar-refractivity contribution in [3.05, 3.63) is 47.7 Å². The fourth-order valence-electron chi connectivity index (χ4n) is 1.82. The molecule has 1 N–H and O–H groups in total. The van der Waals surface area contributed by atoms with Crippen LogP contribution in [0, 0.1) is 0 Å². The highest BCUT2D eigenvalue weighted by Gasteiger charge is 2.36. The number of aliphatic hydroxyl groups is 1. The third-order valence-corrected chi connectivity index (χ3v) is 2.57. The minimum Gasteiger partial charge on any atom is -0.493 e. The quantitative estimate of drug-likeness (QED) is 0.788. The molecule has 1 aliphatic carbocycles. The SMILES string of the molecule is COC1=C[C@H](O)C(c2ccccc2)C1=O. The summed E-state index contributed by atoms with van der Waals surface area (Å²) in [6, 6.07) is 9.23. The molecule has 1 unspecified atom stereocenters. The minimum atomic E-state index is -0.783. The molecule has 15 heavy (non-hydrogen) atoms. The molecule has 0 amide bonds. The first-order valence-corrected chi connectivity index (χ1v) is 4.77. The summed E-state index contributed by atoms with van der Waals surface area (Å²) in [5.74, 6) is -0.422. The number of hydrogen-bond donors (Lipinski definition) is 1. The van der Waals surface area contributed by atoms with Crippen LogP contribution in [0.5, 0.6) is 0 Å². The monoisotopic (exact) mass is 204 g/mol. The van der Waals surface area contributed by atoms with Crippen LogP contribution < -0.4 is 0 Å². The minimum absolute atomic E-state index is 0.156. The molecule has 1 aliphatic rings. The molecule has 0 aliphatic heterocycles. The molecule has 0 bridgehead atoms. The van der Waals surface area contributed by atoms with Crippen molar-refractivity contribution in [1.29, 1.82) is 0 Å². The molecule has 2 atom stereocenters. The van der Waals surface area contributed by atoms with Crippen molar-refractivity contribution in [2.24, 2.45) is 0 Å². The van der Waals surface area contributed by atoms with Crippen LogP contribution in [0.3, 0.4) is 0 Å². The van der Waals surface area contributed by atoms with Crippen LogP contribution in [0.4, 0.5) is 0 Å². The predicted octanol–water partition coefficient (Wildman–Crippen LogP) is 1.24. The molecule has 1 aromatic rings. The average molecular weight is 204 g/mol. The second-order valence-corrected chi connectivity index (χ2v) is 3.48. The number of benzene rings is 1. The van der Waals surface area contributed by atoms with Crippen LogP contribution in [0.25, 0.3) is 0 Å². The van der Waals surface area contributed by atoms with Crippen molar-refractivity contribution >= 4 is 5.78 Å². The summed E-state index contributed by atoms with van der Waals surface area (Å²) in [4.78, 5) is 11.8. The normalized spacial score (nSPS) is 25.2. The smallest absolute Gasteiger partial charge is 0.207 e. The standard InChI is InChI=1S/C12H12O3/c1-15-10-7-9(13)11(12(10)14)8-5-3-2-4-6-8/h2-7,9,11,13H,1H3/t9-,11?/m0/s1. The zero-order valence-electron chi connectivity index (χ0n) is 8.38. The van der Waals surface area contributed by atoms with E-state index in [1.807, 2.05) is 30.3 Å². The Labute approximate surface area is 88.0 Å². The fourth-order valence-corrected chi connectivity index (χ4v) is 1.82. The van der Waals surface area contributed by atoms with Gasteiger partial charge in [-0.25, -0.2) is 0 Å². The number of allylic oxidation sites excluding steroid dienone is 1. The van der Waals surface area contributed by atoms with Gasteiger partial charge in [-0.1, -0.05) is 30.3 Å². The number of carbonyl (C=O) groups is 1. The maximum atomic E-state index is 11.8. The van der Waals surface area contributed by atoms with Gasteiger partial charge >= 0.3 is 0 Å². The second kappa shape index (κ2) is 3.87. The van der Waals surface area contributed by atoms with E-state index in [1.54, 1.807) is 0 Å². The molecular formula is C12H12O3. The van der Waals surface area contributed by atoms with Crippen molar-refractivity contribution in [2.45, 2.75) is 12.0 Å². The Hall–Kier alpha value is -1.61. The summed E-state index contributed by atoms with van der Waals surface area (Å²) in [5, 5.41) is 9.74. The summed E-state index contributed by atoms with van der Waals surface area (Å²) < 4.78 is 4.90. The molecule has 0 saturated heterocycles. The lowest BCUT2D eigenvalue weighted by Gasteiger charge is -2.12. The van der Waals surface area contributed by atoms with Crippen LogP contribution in [-0.2, 0) is 9.53 Å². The van der Waals surface area contributed by atoms with Crippen LogP contribution in [0.1, 0.15) is 11.5 Å². The van der Waals surface area contributed by atoms with E-state index in [1.165, 1.54) is 13.2 Å². The Balaban J connectivity index is 2.31. The van der Waals surface area contributed by atoms with Gasteiger partial charge in [-0.15, -0.1) is 0 Å². The summed E-state index contributed by atoms with van der Waals surface area (Å²) in [5.41, 5.74) is 0.818. The Morgan fingerprint density at radius 3 is 2.47 bits per heavy atom. The van der Waals surface area contributed by atoms with Gasteiger partial charge in [0.15, 0.2) is 5.76 Å². The van der Waals surface area contributed by atoms with Crippen molar-refractivity contribution in [3.63, 3.8) is 0 Å². The van der Waals surface area contributed by atoms with Gasteiger partial charge in [-0.2, -0.15) is 0 Å². The molecule has 2 rings (SSSR count). The summed E-state index contributed by atoms with van der Waals surface area (Å²) in [7, 11) is 1.43. The van der Waals surface area contributed by atoms with E-state index in [0.29, 0.717) is 0 Å². The van der Waals surface area contributed by atoms with E-state index in [4.69, 9.17) is 4.74 Å². The molecule has 0 radical (unpaired) electrons. The van der Waals surface area contributed by atoms with Crippen molar-refractivity contribution < 1.29 is 14.6 Å². The predicted molar refractivity (Wildman–Crippen MR) is 55.3 cm³/mol. The Morgan fingerprint density at radius 2 is 1.93 bits per heavy atom. The molecule has 3 nitrogen and oxygen atoms in total. The highest BCUT2D eigenvalue weighted by molar-refractivity contribution is 6.02. The number of rotatable bonds is 2. The molecule has 0 fully saturated rings. The first kappa shape index (κ1) is 9.93. The van der Waals surface area contributed by atoms with Crippen molar-refractivity contribution in [3.8, 4) is 0 Å². The van der Waals surface area contributed by atoms with Crippen LogP contribution in [0.2, 0.25) is 0 Å². The van der Waals surface area contributed by atoms with Gasteiger partial charge in [0.1, 0.15) is 0 Å². The number of Topliss-reactive ketones (excluding diaryl/α,β-unsaturated/α-hetero) is 1. The van der Waals surface area contributed by atoms with E-state index >= 15 is 0 Å². The van der Waals surface area contributed by atoms with Gasteiger partial charge < -0.3 is 9.84 Å². The zero-order chi connectivity index (χ0) is 10.8. The number of ether oxygens (including phenoxy) is 1. The largest absolute Gasteiger partial charge is 0.493 e. The molecule has 78 valence electrons. The molecule has 0 aromatic heterocycles. The Bertz CT molecular complexity index is 395. The van der Waals surface area contributed by atoms with E-state index < -0.39 is 12.0 Å². The first-order chi connectivity index (χ1) is 7.24. The lowest BCUT2D eigenvalue weighted by atomic mass is 9.94. The molecular weight excluding hydrogens is 192 g/mol. The van der Waals surface area contributed by atoms with Gasteiger partial charge in [-0.3, -0.25) is 4.79 Å². The van der Waals surface area contributed by atoms with Gasteiger partial charge in [0, 0.05) is 0 Å². The Morgan fingerprint density at radius 1 is 1.27 bits per heavy atom. The summed E-state index contributed by atoms with van der Waals surface area (Å²) >= 11 is 0.